The van der Waals surface area contributed by atoms with E-state index in [0.29, 0.717) is 28.5 Å². The Morgan fingerprint density at radius 3 is 2.89 bits per heavy atom. The summed E-state index contributed by atoms with van der Waals surface area (Å²) in [6.45, 7) is 0. The van der Waals surface area contributed by atoms with Crippen LogP contribution in [-0.4, -0.2) is 25.0 Å². The van der Waals surface area contributed by atoms with Gasteiger partial charge in [0.25, 0.3) is 0 Å². The van der Waals surface area contributed by atoms with E-state index in [9.17, 15) is 8.42 Å². The third-order valence-electron chi connectivity index (χ3n) is 2.26. The van der Waals surface area contributed by atoms with Gasteiger partial charge in [0.15, 0.2) is 0 Å². The minimum Gasteiger partial charge on any atom is -0.280 e. The average Bonchev–Trinajstić information content (AvgIpc) is 2.79. The van der Waals surface area contributed by atoms with Gasteiger partial charge in [0, 0.05) is 5.88 Å². The summed E-state index contributed by atoms with van der Waals surface area (Å²) in [6, 6.07) is 3.47. The van der Waals surface area contributed by atoms with Crippen molar-refractivity contribution in [2.45, 2.75) is 6.42 Å². The first-order valence-electron chi connectivity index (χ1n) is 5.11. The van der Waals surface area contributed by atoms with Crippen LogP contribution in [0.5, 0.6) is 0 Å². The number of nitrogens with zero attached hydrogens (tertiary/aromatic N) is 1. The van der Waals surface area contributed by atoms with Crippen molar-refractivity contribution < 1.29 is 8.42 Å². The number of nitrogens with one attached hydrogen (secondary N) is 1. The zero-order valence-electron chi connectivity index (χ0n) is 9.19. The standard InChI is InChI=1S/C10H10Cl2N2O2S2/c11-4-1-5-18(15,16)14-9-7(12)2-3-8-10(9)13-6-17-8/h2-3,6,14H,1,4-5H2. The van der Waals surface area contributed by atoms with Crippen molar-refractivity contribution in [2.24, 2.45) is 0 Å². The number of anilines is 1. The van der Waals surface area contributed by atoms with Crippen LogP contribution in [0.3, 0.4) is 0 Å². The van der Waals surface area contributed by atoms with E-state index in [1.807, 2.05) is 6.07 Å². The Bertz CT molecular complexity index is 655. The van der Waals surface area contributed by atoms with Crippen LogP contribution in [0.15, 0.2) is 17.6 Å². The zero-order valence-corrected chi connectivity index (χ0v) is 12.3. The predicted molar refractivity (Wildman–Crippen MR) is 77.4 cm³/mol. The summed E-state index contributed by atoms with van der Waals surface area (Å²) in [6.07, 6.45) is 0.390. The van der Waals surface area contributed by atoms with E-state index in [2.05, 4.69) is 9.71 Å². The molecule has 0 aliphatic carbocycles. The summed E-state index contributed by atoms with van der Waals surface area (Å²) in [5, 5.41) is 0.336. The highest BCUT2D eigenvalue weighted by Crippen LogP contribution is 2.32. The van der Waals surface area contributed by atoms with Gasteiger partial charge in [-0.25, -0.2) is 13.4 Å². The number of hydrogen-bond donors (Lipinski definition) is 1. The molecule has 0 radical (unpaired) electrons. The Hall–Kier alpha value is -0.560. The molecule has 0 fully saturated rings. The maximum Gasteiger partial charge on any atom is 0.232 e. The highest BCUT2D eigenvalue weighted by molar-refractivity contribution is 7.92. The van der Waals surface area contributed by atoms with Gasteiger partial charge in [0.2, 0.25) is 10.0 Å². The Morgan fingerprint density at radius 2 is 2.17 bits per heavy atom. The summed E-state index contributed by atoms with van der Waals surface area (Å²) in [5.41, 5.74) is 2.56. The van der Waals surface area contributed by atoms with Gasteiger partial charge in [0.05, 0.1) is 26.7 Å². The Labute approximate surface area is 119 Å². The SMILES string of the molecule is O=S(=O)(CCCCl)Nc1c(Cl)ccc2scnc12. The van der Waals surface area contributed by atoms with Crippen molar-refractivity contribution >= 4 is 60.5 Å². The molecule has 1 heterocycles. The molecule has 8 heteroatoms. The normalized spacial score (nSPS) is 11.9. The first kappa shape index (κ1) is 13.9. The molecule has 2 rings (SSSR count). The monoisotopic (exact) mass is 324 g/mol. The third-order valence-corrected chi connectivity index (χ3v) is 4.97. The molecule has 0 saturated heterocycles. The molecule has 0 aliphatic rings. The molecule has 0 aliphatic heterocycles. The van der Waals surface area contributed by atoms with Crippen molar-refractivity contribution in [1.29, 1.82) is 0 Å². The van der Waals surface area contributed by atoms with E-state index in [4.69, 9.17) is 23.2 Å². The molecular weight excluding hydrogens is 315 g/mol. The first-order chi connectivity index (χ1) is 8.53. The Balaban J connectivity index is 2.36. The highest BCUT2D eigenvalue weighted by atomic mass is 35.5. The van der Waals surface area contributed by atoms with Gasteiger partial charge in [-0.05, 0) is 18.6 Å². The summed E-state index contributed by atoms with van der Waals surface area (Å²) in [5.74, 6) is 0.267. The van der Waals surface area contributed by atoms with Crippen molar-refractivity contribution in [1.82, 2.24) is 4.98 Å². The van der Waals surface area contributed by atoms with Crippen LogP contribution in [-0.2, 0) is 10.0 Å². The molecular formula is C10H10Cl2N2O2S2. The number of benzene rings is 1. The van der Waals surface area contributed by atoms with Gasteiger partial charge < -0.3 is 0 Å². The van der Waals surface area contributed by atoms with Gasteiger partial charge in [-0.2, -0.15) is 0 Å². The molecule has 1 aromatic heterocycles. The van der Waals surface area contributed by atoms with Gasteiger partial charge >= 0.3 is 0 Å². The molecule has 0 atom stereocenters. The second kappa shape index (κ2) is 5.61. The highest BCUT2D eigenvalue weighted by Gasteiger charge is 2.15. The fraction of sp³-hybridized carbons (Fsp3) is 0.300. The Kier molecular flexibility index (Phi) is 4.32. The van der Waals surface area contributed by atoms with Crippen LogP contribution < -0.4 is 4.72 Å². The van der Waals surface area contributed by atoms with E-state index in [0.717, 1.165) is 4.70 Å². The third kappa shape index (κ3) is 3.06. The second-order valence-corrected chi connectivity index (χ2v) is 7.10. The first-order valence-corrected chi connectivity index (χ1v) is 8.56. The number of rotatable bonds is 5. The lowest BCUT2D eigenvalue weighted by Gasteiger charge is -2.09. The molecule has 18 heavy (non-hydrogen) atoms. The van der Waals surface area contributed by atoms with E-state index >= 15 is 0 Å². The lowest BCUT2D eigenvalue weighted by molar-refractivity contribution is 0.600. The lowest BCUT2D eigenvalue weighted by Crippen LogP contribution is -2.17. The van der Waals surface area contributed by atoms with Gasteiger partial charge in [-0.1, -0.05) is 11.6 Å². The van der Waals surface area contributed by atoms with E-state index in [1.165, 1.54) is 11.3 Å². The van der Waals surface area contributed by atoms with Crippen molar-refractivity contribution in [3.05, 3.63) is 22.7 Å². The number of aromatic nitrogens is 1. The Morgan fingerprint density at radius 1 is 1.39 bits per heavy atom. The molecule has 0 bridgehead atoms. The maximum absolute atomic E-state index is 11.8. The number of sulfonamides is 1. The van der Waals surface area contributed by atoms with Crippen LogP contribution in [0, 0.1) is 0 Å². The molecule has 0 unspecified atom stereocenters. The molecule has 1 N–H and O–H groups in total. The minimum atomic E-state index is -3.44. The van der Waals surface area contributed by atoms with Crippen LogP contribution >= 0.6 is 34.5 Å². The summed E-state index contributed by atoms with van der Waals surface area (Å²) >= 11 is 12.9. The van der Waals surface area contributed by atoms with Crippen LogP contribution in [0.25, 0.3) is 10.2 Å². The predicted octanol–water partition coefficient (Wildman–Crippen LogP) is 3.32. The number of alkyl halides is 1. The summed E-state index contributed by atoms with van der Waals surface area (Å²) in [7, 11) is -3.44. The number of thiazole rings is 1. The fourth-order valence-electron chi connectivity index (χ4n) is 1.45. The van der Waals surface area contributed by atoms with Crippen LogP contribution in [0.1, 0.15) is 6.42 Å². The molecule has 0 spiro atoms. The molecule has 1 aromatic carbocycles. The molecule has 0 amide bonds. The van der Waals surface area contributed by atoms with E-state index in [-0.39, 0.29) is 5.75 Å². The fourth-order valence-corrected chi connectivity index (χ4v) is 3.83. The second-order valence-electron chi connectivity index (χ2n) is 3.58. The smallest absolute Gasteiger partial charge is 0.232 e. The topological polar surface area (TPSA) is 59.1 Å². The van der Waals surface area contributed by atoms with Gasteiger partial charge in [-0.15, -0.1) is 22.9 Å². The van der Waals surface area contributed by atoms with Crippen molar-refractivity contribution in [3.63, 3.8) is 0 Å². The van der Waals surface area contributed by atoms with Gasteiger partial charge in [-0.3, -0.25) is 4.72 Å². The molecule has 4 nitrogen and oxygen atoms in total. The zero-order chi connectivity index (χ0) is 13.2. The molecule has 98 valence electrons. The van der Waals surface area contributed by atoms with Crippen molar-refractivity contribution in [2.75, 3.05) is 16.4 Å². The lowest BCUT2D eigenvalue weighted by atomic mass is 10.3. The van der Waals surface area contributed by atoms with E-state index < -0.39 is 10.0 Å². The van der Waals surface area contributed by atoms with Gasteiger partial charge in [0.1, 0.15) is 5.52 Å². The average molecular weight is 325 g/mol. The quantitative estimate of drug-likeness (QED) is 0.858. The summed E-state index contributed by atoms with van der Waals surface area (Å²) < 4.78 is 27.0. The van der Waals surface area contributed by atoms with Crippen LogP contribution in [0.2, 0.25) is 5.02 Å². The van der Waals surface area contributed by atoms with E-state index in [1.54, 1.807) is 11.6 Å². The number of fused-ring (bicyclic) bond motifs is 1. The summed E-state index contributed by atoms with van der Waals surface area (Å²) in [4.78, 5) is 4.13. The molecule has 2 aromatic rings. The molecule has 0 saturated carbocycles. The number of halogens is 2. The largest absolute Gasteiger partial charge is 0.280 e. The minimum absolute atomic E-state index is 0.0344. The van der Waals surface area contributed by atoms with Crippen LogP contribution in [0.4, 0.5) is 5.69 Å². The maximum atomic E-state index is 11.8. The number of hydrogen-bond acceptors (Lipinski definition) is 4. The van der Waals surface area contributed by atoms with Crippen molar-refractivity contribution in [3.8, 4) is 0 Å².